The van der Waals surface area contributed by atoms with Crippen molar-refractivity contribution < 1.29 is 14.3 Å². The predicted octanol–water partition coefficient (Wildman–Crippen LogP) is 4.24. The number of pyridine rings is 1. The number of aromatic nitrogens is 1. The topological polar surface area (TPSA) is 68.3 Å². The molecule has 1 atom stereocenters. The number of ether oxygens (including phenoxy) is 1. The standard InChI is InChI=1S/C22H20N2O3/c1-15-11-12-16(2)19(14-15)24-21(25)20(17-8-4-3-5-9-17)27-22(26)18-10-6-7-13-23-18/h3-14,20H,1-2H3,(H,24,25)/t20-/m0/s1. The van der Waals surface area contributed by atoms with Crippen molar-refractivity contribution in [2.24, 2.45) is 0 Å². The SMILES string of the molecule is Cc1ccc(C)c(NC(=O)[C@@H](OC(=O)c2ccccn2)c2ccccc2)c1. The molecule has 0 saturated heterocycles. The minimum Gasteiger partial charge on any atom is -0.443 e. The van der Waals surface area contributed by atoms with E-state index in [1.165, 1.54) is 6.20 Å². The van der Waals surface area contributed by atoms with Crippen LogP contribution in [-0.4, -0.2) is 16.9 Å². The van der Waals surface area contributed by atoms with Gasteiger partial charge >= 0.3 is 5.97 Å². The second-order valence-corrected chi connectivity index (χ2v) is 6.22. The van der Waals surface area contributed by atoms with Gasteiger partial charge in [-0.15, -0.1) is 0 Å². The van der Waals surface area contributed by atoms with Crippen molar-refractivity contribution in [2.45, 2.75) is 20.0 Å². The fourth-order valence-corrected chi connectivity index (χ4v) is 2.62. The van der Waals surface area contributed by atoms with Crippen LogP contribution in [0.3, 0.4) is 0 Å². The van der Waals surface area contributed by atoms with E-state index in [1.54, 1.807) is 42.5 Å². The van der Waals surface area contributed by atoms with Gasteiger partial charge in [0.1, 0.15) is 5.69 Å². The molecule has 0 spiro atoms. The number of hydrogen-bond acceptors (Lipinski definition) is 4. The Kier molecular flexibility index (Phi) is 5.61. The number of aryl methyl sites for hydroxylation is 2. The number of nitrogens with one attached hydrogen (secondary N) is 1. The molecule has 0 radical (unpaired) electrons. The van der Waals surface area contributed by atoms with E-state index in [-0.39, 0.29) is 5.69 Å². The minimum atomic E-state index is -1.08. The highest BCUT2D eigenvalue weighted by atomic mass is 16.5. The molecule has 1 N–H and O–H groups in total. The van der Waals surface area contributed by atoms with Gasteiger partial charge in [0.05, 0.1) is 0 Å². The molecule has 136 valence electrons. The number of benzene rings is 2. The summed E-state index contributed by atoms with van der Waals surface area (Å²) in [5.41, 5.74) is 3.38. The molecule has 1 heterocycles. The van der Waals surface area contributed by atoms with Crippen molar-refractivity contribution in [3.8, 4) is 0 Å². The van der Waals surface area contributed by atoms with Gasteiger partial charge in [0.25, 0.3) is 5.91 Å². The van der Waals surface area contributed by atoms with Gasteiger partial charge < -0.3 is 10.1 Å². The lowest BCUT2D eigenvalue weighted by atomic mass is 10.1. The number of carbonyl (C=O) groups is 2. The number of nitrogens with zero attached hydrogens (tertiary/aromatic N) is 1. The lowest BCUT2D eigenvalue weighted by Gasteiger charge is -2.19. The molecular weight excluding hydrogens is 340 g/mol. The first-order valence-corrected chi connectivity index (χ1v) is 8.59. The molecule has 5 heteroatoms. The molecule has 5 nitrogen and oxygen atoms in total. The van der Waals surface area contributed by atoms with Crippen LogP contribution in [0.4, 0.5) is 5.69 Å². The van der Waals surface area contributed by atoms with Crippen molar-refractivity contribution in [3.63, 3.8) is 0 Å². The number of anilines is 1. The third-order valence-electron chi connectivity index (χ3n) is 4.09. The van der Waals surface area contributed by atoms with E-state index < -0.39 is 18.0 Å². The van der Waals surface area contributed by atoms with Crippen LogP contribution in [0.2, 0.25) is 0 Å². The monoisotopic (exact) mass is 360 g/mol. The molecule has 3 rings (SSSR count). The zero-order valence-corrected chi connectivity index (χ0v) is 15.2. The molecule has 1 amide bonds. The maximum Gasteiger partial charge on any atom is 0.358 e. The van der Waals surface area contributed by atoms with Crippen LogP contribution >= 0.6 is 0 Å². The van der Waals surface area contributed by atoms with Crippen molar-refractivity contribution >= 4 is 17.6 Å². The second-order valence-electron chi connectivity index (χ2n) is 6.22. The Hall–Kier alpha value is -3.47. The summed E-state index contributed by atoms with van der Waals surface area (Å²) in [4.78, 5) is 29.4. The third-order valence-corrected chi connectivity index (χ3v) is 4.09. The van der Waals surface area contributed by atoms with Crippen LogP contribution in [0.15, 0.2) is 72.9 Å². The quantitative estimate of drug-likeness (QED) is 0.691. The normalized spacial score (nSPS) is 11.5. The number of hydrogen-bond donors (Lipinski definition) is 1. The van der Waals surface area contributed by atoms with Gasteiger partial charge in [-0.2, -0.15) is 0 Å². The Morgan fingerprint density at radius 3 is 2.41 bits per heavy atom. The summed E-state index contributed by atoms with van der Waals surface area (Å²) in [7, 11) is 0. The molecule has 2 aromatic carbocycles. The molecule has 0 aliphatic rings. The van der Waals surface area contributed by atoms with Gasteiger partial charge in [0, 0.05) is 17.4 Å². The van der Waals surface area contributed by atoms with Crippen LogP contribution < -0.4 is 5.32 Å². The molecule has 3 aromatic rings. The highest BCUT2D eigenvalue weighted by molar-refractivity contribution is 5.98. The average Bonchev–Trinajstić information content (AvgIpc) is 2.70. The fraction of sp³-hybridized carbons (Fsp3) is 0.136. The van der Waals surface area contributed by atoms with Crippen molar-refractivity contribution in [2.75, 3.05) is 5.32 Å². The molecule has 27 heavy (non-hydrogen) atoms. The summed E-state index contributed by atoms with van der Waals surface area (Å²) in [6.07, 6.45) is 0.421. The summed E-state index contributed by atoms with van der Waals surface area (Å²) in [5.74, 6) is -1.07. The maximum atomic E-state index is 12.9. The van der Waals surface area contributed by atoms with E-state index in [1.807, 2.05) is 38.1 Å². The minimum absolute atomic E-state index is 0.151. The summed E-state index contributed by atoms with van der Waals surface area (Å²) in [6.45, 7) is 3.86. The number of rotatable bonds is 5. The van der Waals surface area contributed by atoms with Crippen LogP contribution in [0.25, 0.3) is 0 Å². The van der Waals surface area contributed by atoms with Crippen molar-refractivity contribution in [1.82, 2.24) is 4.98 Å². The number of carbonyl (C=O) groups excluding carboxylic acids is 2. The molecule has 0 aliphatic carbocycles. The van der Waals surface area contributed by atoms with E-state index in [0.29, 0.717) is 11.3 Å². The molecule has 0 unspecified atom stereocenters. The summed E-state index contributed by atoms with van der Waals surface area (Å²) in [6, 6.07) is 19.7. The first-order valence-electron chi connectivity index (χ1n) is 8.59. The smallest absolute Gasteiger partial charge is 0.358 e. The van der Waals surface area contributed by atoms with Gasteiger partial charge in [-0.3, -0.25) is 4.79 Å². The zero-order chi connectivity index (χ0) is 19.2. The molecule has 0 bridgehead atoms. The van der Waals surface area contributed by atoms with Gasteiger partial charge in [-0.1, -0.05) is 48.5 Å². The zero-order valence-electron chi connectivity index (χ0n) is 15.2. The van der Waals surface area contributed by atoms with Crippen LogP contribution in [0, 0.1) is 13.8 Å². The first-order chi connectivity index (χ1) is 13.0. The van der Waals surface area contributed by atoms with Gasteiger partial charge in [-0.25, -0.2) is 9.78 Å². The Morgan fingerprint density at radius 1 is 0.963 bits per heavy atom. The van der Waals surface area contributed by atoms with Crippen molar-refractivity contribution in [3.05, 3.63) is 95.3 Å². The Balaban J connectivity index is 1.87. The van der Waals surface area contributed by atoms with E-state index in [4.69, 9.17) is 4.74 Å². The van der Waals surface area contributed by atoms with Crippen LogP contribution in [-0.2, 0) is 9.53 Å². The van der Waals surface area contributed by atoms with Gasteiger partial charge in [0.15, 0.2) is 0 Å². The number of amides is 1. The Bertz CT molecular complexity index is 940. The van der Waals surface area contributed by atoms with Gasteiger partial charge in [0.2, 0.25) is 6.10 Å². The van der Waals surface area contributed by atoms with Crippen molar-refractivity contribution in [1.29, 1.82) is 0 Å². The lowest BCUT2D eigenvalue weighted by Crippen LogP contribution is -2.26. The van der Waals surface area contributed by atoms with Crippen LogP contribution in [0.5, 0.6) is 0 Å². The molecule has 0 aliphatic heterocycles. The third kappa shape index (κ3) is 4.58. The molecule has 1 aromatic heterocycles. The summed E-state index contributed by atoms with van der Waals surface area (Å²) < 4.78 is 5.51. The Labute approximate surface area is 158 Å². The molecular formula is C22H20N2O3. The Morgan fingerprint density at radius 2 is 1.70 bits per heavy atom. The van der Waals surface area contributed by atoms with E-state index in [9.17, 15) is 9.59 Å². The second kappa shape index (κ2) is 8.27. The predicted molar refractivity (Wildman–Crippen MR) is 103 cm³/mol. The van der Waals surface area contributed by atoms with Gasteiger partial charge in [-0.05, 0) is 43.2 Å². The van der Waals surface area contributed by atoms with Crippen LogP contribution in [0.1, 0.15) is 33.3 Å². The molecule has 0 fully saturated rings. The van der Waals surface area contributed by atoms with E-state index in [2.05, 4.69) is 10.3 Å². The highest BCUT2D eigenvalue weighted by Gasteiger charge is 2.26. The summed E-state index contributed by atoms with van der Waals surface area (Å²) >= 11 is 0. The largest absolute Gasteiger partial charge is 0.443 e. The maximum absolute atomic E-state index is 12.9. The molecule has 0 saturated carbocycles. The first kappa shape index (κ1) is 18.3. The fourth-order valence-electron chi connectivity index (χ4n) is 2.62. The van der Waals surface area contributed by atoms with E-state index in [0.717, 1.165) is 11.1 Å². The highest BCUT2D eigenvalue weighted by Crippen LogP contribution is 2.23. The number of esters is 1. The average molecular weight is 360 g/mol. The summed E-state index contributed by atoms with van der Waals surface area (Å²) in [5, 5.41) is 2.87. The van der Waals surface area contributed by atoms with E-state index >= 15 is 0 Å². The lowest BCUT2D eigenvalue weighted by molar-refractivity contribution is -0.125.